The lowest BCUT2D eigenvalue weighted by Gasteiger charge is -2.35. The molecular formula is C17H23N7O2. The molecule has 1 amide bonds. The minimum atomic E-state index is -0.172. The van der Waals surface area contributed by atoms with Crippen LogP contribution in [-0.2, 0) is 26.5 Å². The Hall–Kier alpha value is -2.55. The molecule has 0 unspecified atom stereocenters. The highest BCUT2D eigenvalue weighted by atomic mass is 16.3. The Kier molecular flexibility index (Phi) is 4.31. The zero-order valence-electron chi connectivity index (χ0n) is 14.8. The molecule has 0 saturated heterocycles. The van der Waals surface area contributed by atoms with Gasteiger partial charge in [-0.05, 0) is 38.5 Å². The molecule has 4 rings (SSSR count). The molecule has 138 valence electrons. The van der Waals surface area contributed by atoms with Crippen molar-refractivity contribution in [1.29, 1.82) is 0 Å². The molecule has 4 N–H and O–H groups in total. The summed E-state index contributed by atoms with van der Waals surface area (Å²) in [6, 6.07) is 0.0807. The first-order chi connectivity index (χ1) is 12.6. The summed E-state index contributed by atoms with van der Waals surface area (Å²) in [4.78, 5) is 21.2. The molecule has 0 atom stereocenters. The monoisotopic (exact) mass is 357 g/mol. The lowest BCUT2D eigenvalue weighted by atomic mass is 9.79. The van der Waals surface area contributed by atoms with Crippen LogP contribution in [0.3, 0.4) is 0 Å². The zero-order valence-corrected chi connectivity index (χ0v) is 14.8. The van der Waals surface area contributed by atoms with Gasteiger partial charge in [0.05, 0.1) is 0 Å². The average molecular weight is 357 g/mol. The number of aliphatic hydroxyl groups is 1. The van der Waals surface area contributed by atoms with Gasteiger partial charge >= 0.3 is 0 Å². The summed E-state index contributed by atoms with van der Waals surface area (Å²) in [5.74, 6) is 1.63. The predicted molar refractivity (Wildman–Crippen MR) is 93.2 cm³/mol. The quantitative estimate of drug-likeness (QED) is 0.714. The first-order valence-electron chi connectivity index (χ1n) is 9.02. The topological polar surface area (TPSA) is 132 Å². The molecular weight excluding hydrogens is 334 g/mol. The predicted octanol–water partition coefficient (Wildman–Crippen LogP) is 0.234. The van der Waals surface area contributed by atoms with Crippen molar-refractivity contribution in [1.82, 2.24) is 30.0 Å². The van der Waals surface area contributed by atoms with E-state index in [1.807, 2.05) is 11.6 Å². The molecule has 0 radical (unpaired) electrons. The standard InChI is InChI=1S/C17H23N7O2/c1-24-13(8-25)22-23-15(24)9-6-10(7-9)19-16(26)14-11-4-2-3-5-12(11)20-17(18)21-14/h9-10,25H,2-8H2,1H3,(H,19,26)(H2,18,20,21). The van der Waals surface area contributed by atoms with Gasteiger partial charge in [0.2, 0.25) is 5.95 Å². The fourth-order valence-corrected chi connectivity index (χ4v) is 3.87. The molecule has 2 aliphatic rings. The highest BCUT2D eigenvalue weighted by Crippen LogP contribution is 2.36. The number of hydrogen-bond donors (Lipinski definition) is 3. The number of carbonyl (C=O) groups is 1. The fourth-order valence-electron chi connectivity index (χ4n) is 3.87. The van der Waals surface area contributed by atoms with E-state index in [9.17, 15) is 9.90 Å². The van der Waals surface area contributed by atoms with Crippen LogP contribution in [-0.4, -0.2) is 41.8 Å². The van der Waals surface area contributed by atoms with Crippen molar-refractivity contribution in [2.45, 2.75) is 57.1 Å². The largest absolute Gasteiger partial charge is 0.388 e. The molecule has 1 fully saturated rings. The van der Waals surface area contributed by atoms with Gasteiger partial charge in [-0.3, -0.25) is 4.79 Å². The molecule has 0 aromatic carbocycles. The highest BCUT2D eigenvalue weighted by Gasteiger charge is 2.35. The van der Waals surface area contributed by atoms with E-state index in [2.05, 4.69) is 25.5 Å². The van der Waals surface area contributed by atoms with E-state index in [1.165, 1.54) is 0 Å². The molecule has 2 aliphatic carbocycles. The van der Waals surface area contributed by atoms with Crippen LogP contribution in [0.2, 0.25) is 0 Å². The number of rotatable bonds is 4. The summed E-state index contributed by atoms with van der Waals surface area (Å²) in [5, 5.41) is 20.4. The molecule has 26 heavy (non-hydrogen) atoms. The van der Waals surface area contributed by atoms with Crippen molar-refractivity contribution < 1.29 is 9.90 Å². The van der Waals surface area contributed by atoms with Crippen LogP contribution in [0.25, 0.3) is 0 Å². The van der Waals surface area contributed by atoms with Crippen LogP contribution in [0, 0.1) is 0 Å². The maximum Gasteiger partial charge on any atom is 0.270 e. The Labute approximate surface area is 151 Å². The Morgan fingerprint density at radius 1 is 1.27 bits per heavy atom. The van der Waals surface area contributed by atoms with Gasteiger partial charge in [-0.15, -0.1) is 10.2 Å². The third kappa shape index (κ3) is 2.92. The lowest BCUT2D eigenvalue weighted by molar-refractivity contribution is 0.0900. The SMILES string of the molecule is Cn1c(CO)nnc1C1CC(NC(=O)c2nc(N)nc3c2CCCC3)C1. The normalized spacial score (nSPS) is 21.8. The average Bonchev–Trinajstić information content (AvgIpc) is 2.97. The molecule has 9 heteroatoms. The van der Waals surface area contributed by atoms with Gasteiger partial charge in [0.15, 0.2) is 5.82 Å². The van der Waals surface area contributed by atoms with E-state index < -0.39 is 0 Å². The first kappa shape index (κ1) is 16.9. The number of nitrogens with one attached hydrogen (secondary N) is 1. The summed E-state index contributed by atoms with van der Waals surface area (Å²) < 4.78 is 1.82. The number of aliphatic hydroxyl groups excluding tert-OH is 1. The van der Waals surface area contributed by atoms with Crippen LogP contribution < -0.4 is 11.1 Å². The number of nitrogens with two attached hydrogens (primary N) is 1. The summed E-state index contributed by atoms with van der Waals surface area (Å²) in [6.07, 6.45) is 5.40. The van der Waals surface area contributed by atoms with Crippen molar-refractivity contribution in [3.63, 3.8) is 0 Å². The van der Waals surface area contributed by atoms with Gasteiger partial charge in [-0.2, -0.15) is 0 Å². The Morgan fingerprint density at radius 2 is 2.04 bits per heavy atom. The number of hydrogen-bond acceptors (Lipinski definition) is 7. The van der Waals surface area contributed by atoms with Gasteiger partial charge in [0, 0.05) is 30.3 Å². The van der Waals surface area contributed by atoms with Crippen LogP contribution in [0.5, 0.6) is 0 Å². The fraction of sp³-hybridized carbons (Fsp3) is 0.588. The number of amides is 1. The van der Waals surface area contributed by atoms with Crippen molar-refractivity contribution in [3.8, 4) is 0 Å². The van der Waals surface area contributed by atoms with Gasteiger partial charge in [0.1, 0.15) is 18.1 Å². The highest BCUT2D eigenvalue weighted by molar-refractivity contribution is 5.94. The van der Waals surface area contributed by atoms with Crippen LogP contribution in [0.4, 0.5) is 5.95 Å². The molecule has 0 bridgehead atoms. The number of fused-ring (bicyclic) bond motifs is 1. The molecule has 2 aromatic heterocycles. The Bertz CT molecular complexity index is 842. The second kappa shape index (κ2) is 6.64. The second-order valence-corrected chi connectivity index (χ2v) is 7.09. The Morgan fingerprint density at radius 3 is 2.77 bits per heavy atom. The van der Waals surface area contributed by atoms with Crippen molar-refractivity contribution >= 4 is 11.9 Å². The maximum atomic E-state index is 12.7. The Balaban J connectivity index is 1.43. The summed E-state index contributed by atoms with van der Waals surface area (Å²) >= 11 is 0. The molecule has 0 spiro atoms. The van der Waals surface area contributed by atoms with E-state index in [0.29, 0.717) is 11.5 Å². The number of aromatic nitrogens is 5. The van der Waals surface area contributed by atoms with Gasteiger partial charge in [-0.1, -0.05) is 0 Å². The molecule has 2 heterocycles. The van der Waals surface area contributed by atoms with Crippen molar-refractivity contribution in [2.75, 3.05) is 5.73 Å². The number of aryl methyl sites for hydroxylation is 1. The van der Waals surface area contributed by atoms with Gasteiger partial charge in [-0.25, -0.2) is 9.97 Å². The number of anilines is 1. The van der Waals surface area contributed by atoms with E-state index in [4.69, 9.17) is 5.73 Å². The minimum Gasteiger partial charge on any atom is -0.388 e. The summed E-state index contributed by atoms with van der Waals surface area (Å²) in [7, 11) is 1.85. The number of nitrogens with zero attached hydrogens (tertiary/aromatic N) is 5. The third-order valence-electron chi connectivity index (χ3n) is 5.39. The van der Waals surface area contributed by atoms with Crippen molar-refractivity contribution in [2.24, 2.45) is 7.05 Å². The van der Waals surface area contributed by atoms with E-state index in [0.717, 1.165) is 55.6 Å². The second-order valence-electron chi connectivity index (χ2n) is 7.09. The van der Waals surface area contributed by atoms with E-state index >= 15 is 0 Å². The number of nitrogen functional groups attached to an aromatic ring is 1. The number of carbonyl (C=O) groups excluding carboxylic acids is 1. The molecule has 9 nitrogen and oxygen atoms in total. The van der Waals surface area contributed by atoms with E-state index in [-0.39, 0.29) is 30.4 Å². The van der Waals surface area contributed by atoms with E-state index in [1.54, 1.807) is 0 Å². The maximum absolute atomic E-state index is 12.7. The molecule has 2 aromatic rings. The van der Waals surface area contributed by atoms with Gasteiger partial charge in [0.25, 0.3) is 5.91 Å². The minimum absolute atomic E-state index is 0.0807. The van der Waals surface area contributed by atoms with Gasteiger partial charge < -0.3 is 20.7 Å². The summed E-state index contributed by atoms with van der Waals surface area (Å²) in [5.41, 5.74) is 8.07. The van der Waals surface area contributed by atoms with Crippen LogP contribution >= 0.6 is 0 Å². The van der Waals surface area contributed by atoms with Crippen LogP contribution in [0.15, 0.2) is 0 Å². The van der Waals surface area contributed by atoms with Crippen molar-refractivity contribution in [3.05, 3.63) is 28.6 Å². The molecule has 0 aliphatic heterocycles. The molecule has 1 saturated carbocycles. The summed E-state index contributed by atoms with van der Waals surface area (Å²) in [6.45, 7) is -0.128. The lowest BCUT2D eigenvalue weighted by Crippen LogP contribution is -2.44. The smallest absolute Gasteiger partial charge is 0.270 e. The zero-order chi connectivity index (χ0) is 18.3. The van der Waals surface area contributed by atoms with Crippen LogP contribution in [0.1, 0.15) is 65.0 Å². The first-order valence-corrected chi connectivity index (χ1v) is 9.02. The third-order valence-corrected chi connectivity index (χ3v) is 5.39.